The molecule has 6 atom stereocenters. The van der Waals surface area contributed by atoms with Gasteiger partial charge in [-0.1, -0.05) is 388 Å². The highest BCUT2D eigenvalue weighted by Crippen LogP contribution is 2.45. The van der Waals surface area contributed by atoms with Crippen molar-refractivity contribution in [1.82, 2.24) is 0 Å². The van der Waals surface area contributed by atoms with E-state index < -0.39 is 97.5 Å². The van der Waals surface area contributed by atoms with Crippen molar-refractivity contribution in [2.24, 2.45) is 11.8 Å². The van der Waals surface area contributed by atoms with Gasteiger partial charge >= 0.3 is 39.5 Å². The number of aliphatic hydroxyl groups is 1. The molecule has 3 N–H and O–H groups in total. The largest absolute Gasteiger partial charge is 0.472 e. The van der Waals surface area contributed by atoms with Crippen molar-refractivity contribution in [1.29, 1.82) is 0 Å². The molecule has 0 aromatic rings. The molecule has 0 aromatic carbocycles. The van der Waals surface area contributed by atoms with Crippen LogP contribution in [0, 0.1) is 11.8 Å². The quantitative estimate of drug-likeness (QED) is 0.0222. The second kappa shape index (κ2) is 74.5. The Morgan fingerprint density at radius 1 is 0.284 bits per heavy atom. The molecule has 0 bridgehead atoms. The van der Waals surface area contributed by atoms with Crippen LogP contribution in [-0.4, -0.2) is 96.7 Å². The van der Waals surface area contributed by atoms with E-state index in [2.05, 4.69) is 41.5 Å². The molecular weight excluding hydrogens is 1330 g/mol. The first-order valence-corrected chi connectivity index (χ1v) is 46.0. The number of phosphoric ester groups is 2. The van der Waals surface area contributed by atoms with Crippen molar-refractivity contribution >= 4 is 39.5 Å². The molecule has 0 aromatic heterocycles. The van der Waals surface area contributed by atoms with Crippen molar-refractivity contribution < 1.29 is 80.2 Å². The maximum atomic E-state index is 13.1. The summed E-state index contributed by atoms with van der Waals surface area (Å²) in [6, 6.07) is 0. The molecular formula is C83H162O17P2. The summed E-state index contributed by atoms with van der Waals surface area (Å²) in [7, 11) is -9.92. The van der Waals surface area contributed by atoms with Gasteiger partial charge in [0.2, 0.25) is 0 Å². The number of unbranched alkanes of at least 4 members (excludes halogenated alkanes) is 51. The van der Waals surface area contributed by atoms with Crippen molar-refractivity contribution in [3.05, 3.63) is 0 Å². The zero-order valence-electron chi connectivity index (χ0n) is 66.9. The van der Waals surface area contributed by atoms with Gasteiger partial charge in [-0.05, 0) is 37.5 Å². The van der Waals surface area contributed by atoms with Crippen molar-refractivity contribution in [3.8, 4) is 0 Å². The minimum atomic E-state index is -4.96. The fourth-order valence-electron chi connectivity index (χ4n) is 12.9. The van der Waals surface area contributed by atoms with E-state index >= 15 is 0 Å². The molecule has 606 valence electrons. The zero-order valence-corrected chi connectivity index (χ0v) is 68.7. The van der Waals surface area contributed by atoms with Crippen LogP contribution in [0.5, 0.6) is 0 Å². The second-order valence-electron chi connectivity index (χ2n) is 30.6. The Balaban J connectivity index is 5.27. The van der Waals surface area contributed by atoms with E-state index in [-0.39, 0.29) is 25.7 Å². The Kier molecular flexibility index (Phi) is 73.1. The predicted octanol–water partition coefficient (Wildman–Crippen LogP) is 25.1. The first-order valence-electron chi connectivity index (χ1n) is 43.0. The van der Waals surface area contributed by atoms with Crippen molar-refractivity contribution in [3.63, 3.8) is 0 Å². The summed E-state index contributed by atoms with van der Waals surface area (Å²) in [4.78, 5) is 73.2. The average molecular weight is 1490 g/mol. The smallest absolute Gasteiger partial charge is 0.462 e. The van der Waals surface area contributed by atoms with Crippen LogP contribution in [0.1, 0.15) is 440 Å². The lowest BCUT2D eigenvalue weighted by Gasteiger charge is -2.21. The highest BCUT2D eigenvalue weighted by atomic mass is 31.2. The first-order chi connectivity index (χ1) is 49.4. The number of ether oxygens (including phenoxy) is 4. The number of hydrogen-bond acceptors (Lipinski definition) is 15. The second-order valence-corrected chi connectivity index (χ2v) is 33.5. The zero-order chi connectivity index (χ0) is 74.9. The number of carbonyl (C=O) groups is 4. The monoisotopic (exact) mass is 1490 g/mol. The van der Waals surface area contributed by atoms with Gasteiger partial charge in [0.1, 0.15) is 19.3 Å². The minimum absolute atomic E-state index is 0.108. The highest BCUT2D eigenvalue weighted by Gasteiger charge is 2.30. The van der Waals surface area contributed by atoms with E-state index in [1.807, 2.05) is 0 Å². The molecule has 0 aliphatic carbocycles. The third-order valence-electron chi connectivity index (χ3n) is 19.8. The Bertz CT molecular complexity index is 1960. The molecule has 0 rings (SSSR count). The van der Waals surface area contributed by atoms with Crippen molar-refractivity contribution in [2.45, 2.75) is 458 Å². The number of phosphoric acid groups is 2. The highest BCUT2D eigenvalue weighted by molar-refractivity contribution is 7.47. The Hall–Kier alpha value is -1.94. The van der Waals surface area contributed by atoms with Crippen LogP contribution in [0.2, 0.25) is 0 Å². The maximum Gasteiger partial charge on any atom is 0.472 e. The number of esters is 4. The molecule has 0 saturated carbocycles. The number of rotatable bonds is 82. The van der Waals surface area contributed by atoms with Crippen LogP contribution in [0.25, 0.3) is 0 Å². The van der Waals surface area contributed by atoms with Gasteiger partial charge in [-0.3, -0.25) is 37.3 Å². The third-order valence-corrected chi connectivity index (χ3v) is 21.7. The van der Waals surface area contributed by atoms with Gasteiger partial charge in [0.25, 0.3) is 0 Å². The van der Waals surface area contributed by atoms with E-state index in [9.17, 15) is 43.2 Å². The molecule has 0 aliphatic rings. The van der Waals surface area contributed by atoms with Crippen LogP contribution in [0.3, 0.4) is 0 Å². The summed E-state index contributed by atoms with van der Waals surface area (Å²) in [5.74, 6) is -0.480. The normalized spacial score (nSPS) is 14.1. The summed E-state index contributed by atoms with van der Waals surface area (Å²) >= 11 is 0. The predicted molar refractivity (Wildman–Crippen MR) is 418 cm³/mol. The van der Waals surface area contributed by atoms with E-state index in [0.29, 0.717) is 25.7 Å². The van der Waals surface area contributed by atoms with Crippen LogP contribution < -0.4 is 0 Å². The third kappa shape index (κ3) is 74.9. The molecule has 102 heavy (non-hydrogen) atoms. The number of hydrogen-bond donors (Lipinski definition) is 3. The lowest BCUT2D eigenvalue weighted by molar-refractivity contribution is -0.161. The summed E-state index contributed by atoms with van der Waals surface area (Å²) in [6.07, 6.45) is 65.0. The molecule has 0 radical (unpaired) electrons. The van der Waals surface area contributed by atoms with E-state index in [4.69, 9.17) is 37.0 Å². The molecule has 0 aliphatic heterocycles. The Morgan fingerprint density at radius 2 is 0.500 bits per heavy atom. The fourth-order valence-corrected chi connectivity index (χ4v) is 14.4. The molecule has 0 saturated heterocycles. The molecule has 0 amide bonds. The number of carbonyl (C=O) groups excluding carboxylic acids is 4. The van der Waals surface area contributed by atoms with Crippen LogP contribution in [-0.2, 0) is 65.4 Å². The molecule has 0 heterocycles. The topological polar surface area (TPSA) is 237 Å². The molecule has 17 nitrogen and oxygen atoms in total. The minimum Gasteiger partial charge on any atom is -0.462 e. The van der Waals surface area contributed by atoms with E-state index in [1.165, 1.54) is 257 Å². The van der Waals surface area contributed by atoms with E-state index in [0.717, 1.165) is 102 Å². The molecule has 0 spiro atoms. The fraction of sp³-hybridized carbons (Fsp3) is 0.952. The van der Waals surface area contributed by atoms with Gasteiger partial charge < -0.3 is 33.8 Å². The summed E-state index contributed by atoms with van der Waals surface area (Å²) < 4.78 is 68.8. The van der Waals surface area contributed by atoms with Crippen molar-refractivity contribution in [2.75, 3.05) is 39.6 Å². The Morgan fingerprint density at radius 3 is 0.745 bits per heavy atom. The van der Waals surface area contributed by atoms with Gasteiger partial charge in [-0.2, -0.15) is 0 Å². The lowest BCUT2D eigenvalue weighted by atomic mass is 9.99. The average Bonchev–Trinajstić information content (AvgIpc) is 0.916. The molecule has 3 unspecified atom stereocenters. The summed E-state index contributed by atoms with van der Waals surface area (Å²) in [5.41, 5.74) is 0. The van der Waals surface area contributed by atoms with Gasteiger partial charge in [0.15, 0.2) is 12.2 Å². The van der Waals surface area contributed by atoms with Gasteiger partial charge in [0, 0.05) is 25.7 Å². The van der Waals surface area contributed by atoms with Gasteiger partial charge in [-0.15, -0.1) is 0 Å². The standard InChI is InChI=1S/C83H162O17P2/c1-7-10-12-14-16-18-20-22-23-24-29-36-42-48-54-60-66-81(86)94-72-78(99-82(87)67-61-55-49-43-37-30-26-25-28-34-40-46-52-58-64-76(6)9-3)73-97-101(89,90)95-69-77(84)70-96-102(91,92)98-74-79(71-93-80(85)65-59-53-47-41-35-27-21-19-17-15-13-11-8-2)100-83(88)68-62-56-50-44-38-32-31-33-39-45-51-57-63-75(4)5/h75-79,84H,7-74H2,1-6H3,(H,89,90)(H,91,92)/t76?,77-,78-,79-/m1/s1. The first kappa shape index (κ1) is 100. The van der Waals surface area contributed by atoms with Gasteiger partial charge in [0.05, 0.1) is 26.4 Å². The Labute approximate surface area is 626 Å². The number of aliphatic hydroxyl groups excluding tert-OH is 1. The molecule has 19 heteroatoms. The van der Waals surface area contributed by atoms with Crippen LogP contribution in [0.15, 0.2) is 0 Å². The molecule has 0 fully saturated rings. The van der Waals surface area contributed by atoms with E-state index in [1.54, 1.807) is 0 Å². The summed E-state index contributed by atoms with van der Waals surface area (Å²) in [5, 5.41) is 10.7. The van der Waals surface area contributed by atoms with Gasteiger partial charge in [-0.25, -0.2) is 9.13 Å². The lowest BCUT2D eigenvalue weighted by Crippen LogP contribution is -2.30. The van der Waals surface area contributed by atoms with Crippen LogP contribution >= 0.6 is 15.6 Å². The SMILES string of the molecule is CCCCCCCCCCCCCCCCCCC(=O)OC[C@H](COP(=O)(O)OC[C@@H](O)COP(=O)(O)OC[C@@H](COC(=O)CCCCCCCCCCCCCCC)OC(=O)CCCCCCCCCCCCCCC(C)C)OC(=O)CCCCCCCCCCCCCCCCC(C)CC. The maximum absolute atomic E-state index is 13.1. The summed E-state index contributed by atoms with van der Waals surface area (Å²) in [6.45, 7) is 9.72. The van der Waals surface area contributed by atoms with Crippen LogP contribution in [0.4, 0.5) is 0 Å².